The van der Waals surface area contributed by atoms with Gasteiger partial charge in [0.1, 0.15) is 4.21 Å². The third kappa shape index (κ3) is 4.71. The lowest BCUT2D eigenvalue weighted by Gasteiger charge is -2.06. The molecule has 0 aliphatic heterocycles. The van der Waals surface area contributed by atoms with Crippen molar-refractivity contribution < 1.29 is 8.42 Å². The van der Waals surface area contributed by atoms with Crippen molar-refractivity contribution in [1.82, 2.24) is 4.72 Å². The summed E-state index contributed by atoms with van der Waals surface area (Å²) in [5, 5.41) is 0. The first kappa shape index (κ1) is 18.0. The maximum Gasteiger partial charge on any atom is 0.250 e. The number of thiophene rings is 1. The summed E-state index contributed by atoms with van der Waals surface area (Å²) in [4.78, 5) is 1.00. The van der Waals surface area contributed by atoms with Gasteiger partial charge in [-0.05, 0) is 49.6 Å². The molecule has 1 heterocycles. The van der Waals surface area contributed by atoms with Gasteiger partial charge in [0.2, 0.25) is 10.0 Å². The van der Waals surface area contributed by atoms with E-state index in [0.717, 1.165) is 16.0 Å². The summed E-state index contributed by atoms with van der Waals surface area (Å²) in [5.41, 5.74) is 8.17. The second kappa shape index (κ2) is 7.26. The van der Waals surface area contributed by atoms with Crippen molar-refractivity contribution in [2.75, 3.05) is 12.3 Å². The fraction of sp³-hybridized carbons (Fsp3) is 0.286. The highest BCUT2D eigenvalue weighted by Gasteiger charge is 2.18. The van der Waals surface area contributed by atoms with E-state index in [1.807, 2.05) is 44.2 Å². The lowest BCUT2D eigenvalue weighted by molar-refractivity contribution is 0.583. The predicted molar refractivity (Wildman–Crippen MR) is 90.8 cm³/mol. The van der Waals surface area contributed by atoms with E-state index in [-0.39, 0.29) is 12.4 Å². The molecule has 1 aromatic heterocycles. The summed E-state index contributed by atoms with van der Waals surface area (Å²) in [6.45, 7) is 4.10. The summed E-state index contributed by atoms with van der Waals surface area (Å²) in [6, 6.07) is 9.33. The summed E-state index contributed by atoms with van der Waals surface area (Å²) in [6.07, 6.45) is 0.642. The fourth-order valence-electron chi connectivity index (χ4n) is 1.97. The maximum absolute atomic E-state index is 12.2. The highest BCUT2D eigenvalue weighted by molar-refractivity contribution is 7.91. The zero-order chi connectivity index (χ0) is 14.8. The van der Waals surface area contributed by atoms with Crippen molar-refractivity contribution in [2.45, 2.75) is 24.5 Å². The highest BCUT2D eigenvalue weighted by Crippen LogP contribution is 2.25. The number of hydrogen-bond donors (Lipinski definition) is 2. The van der Waals surface area contributed by atoms with Crippen molar-refractivity contribution in [1.29, 1.82) is 0 Å². The van der Waals surface area contributed by atoms with Crippen LogP contribution >= 0.6 is 23.7 Å². The quantitative estimate of drug-likeness (QED) is 0.817. The van der Waals surface area contributed by atoms with Crippen molar-refractivity contribution in [3.63, 3.8) is 0 Å². The minimum Gasteiger partial charge on any atom is -0.399 e. The SMILES string of the molecule is Cc1cc(C)c(S(=O)(=O)NCCc2ccc(N)cc2)s1.Cl. The summed E-state index contributed by atoms with van der Waals surface area (Å²) in [7, 11) is -3.40. The summed E-state index contributed by atoms with van der Waals surface area (Å²) < 4.78 is 27.4. The number of rotatable bonds is 5. The van der Waals surface area contributed by atoms with E-state index in [4.69, 9.17) is 5.73 Å². The van der Waals surface area contributed by atoms with Crippen LogP contribution in [0.4, 0.5) is 5.69 Å². The summed E-state index contributed by atoms with van der Waals surface area (Å²) >= 11 is 1.30. The van der Waals surface area contributed by atoms with Crippen LogP contribution in [-0.4, -0.2) is 15.0 Å². The van der Waals surface area contributed by atoms with Crippen LogP contribution in [0.3, 0.4) is 0 Å². The van der Waals surface area contributed by atoms with Crippen molar-refractivity contribution >= 4 is 39.5 Å². The van der Waals surface area contributed by atoms with Crippen LogP contribution in [-0.2, 0) is 16.4 Å². The Kier molecular flexibility index (Phi) is 6.22. The average molecular weight is 347 g/mol. The van der Waals surface area contributed by atoms with Crippen LogP contribution in [0, 0.1) is 13.8 Å². The molecule has 1 aromatic carbocycles. The molecule has 0 aliphatic rings. The normalized spacial score (nSPS) is 11.1. The van der Waals surface area contributed by atoms with Gasteiger partial charge in [0.25, 0.3) is 0 Å². The number of nitrogens with one attached hydrogen (secondary N) is 1. The second-order valence-electron chi connectivity index (χ2n) is 4.72. The van der Waals surface area contributed by atoms with Gasteiger partial charge in [-0.3, -0.25) is 0 Å². The minimum absolute atomic E-state index is 0. The predicted octanol–water partition coefficient (Wildman–Crippen LogP) is 2.89. The lowest BCUT2D eigenvalue weighted by Crippen LogP contribution is -2.25. The number of nitrogen functional groups attached to an aromatic ring is 1. The Morgan fingerprint density at radius 1 is 1.19 bits per heavy atom. The lowest BCUT2D eigenvalue weighted by atomic mass is 10.1. The monoisotopic (exact) mass is 346 g/mol. The average Bonchev–Trinajstić information content (AvgIpc) is 2.72. The molecule has 4 nitrogen and oxygen atoms in total. The second-order valence-corrected chi connectivity index (χ2v) is 7.94. The molecular formula is C14H19ClN2O2S2. The number of sulfonamides is 1. The van der Waals surface area contributed by atoms with Crippen LogP contribution in [0.2, 0.25) is 0 Å². The summed E-state index contributed by atoms with van der Waals surface area (Å²) in [5.74, 6) is 0. The molecule has 0 saturated carbocycles. The number of hydrogen-bond acceptors (Lipinski definition) is 4. The molecule has 0 aliphatic carbocycles. The van der Waals surface area contributed by atoms with Crippen molar-refractivity contribution in [2.24, 2.45) is 0 Å². The van der Waals surface area contributed by atoms with Crippen molar-refractivity contribution in [3.05, 3.63) is 46.3 Å². The van der Waals surface area contributed by atoms with E-state index in [1.54, 1.807) is 0 Å². The molecule has 0 amide bonds. The smallest absolute Gasteiger partial charge is 0.250 e. The van der Waals surface area contributed by atoms with Gasteiger partial charge >= 0.3 is 0 Å². The Morgan fingerprint density at radius 2 is 1.81 bits per heavy atom. The molecule has 0 bridgehead atoms. The molecule has 0 spiro atoms. The topological polar surface area (TPSA) is 72.2 Å². The molecule has 0 unspecified atom stereocenters. The first-order valence-electron chi connectivity index (χ1n) is 6.29. The van der Waals surface area contributed by atoms with Gasteiger partial charge < -0.3 is 5.73 Å². The van der Waals surface area contributed by atoms with Gasteiger partial charge in [-0.1, -0.05) is 12.1 Å². The van der Waals surface area contributed by atoms with Crippen molar-refractivity contribution in [3.8, 4) is 0 Å². The van der Waals surface area contributed by atoms with E-state index in [2.05, 4.69) is 4.72 Å². The van der Waals surface area contributed by atoms with E-state index in [9.17, 15) is 8.42 Å². The van der Waals surface area contributed by atoms with E-state index in [1.165, 1.54) is 11.3 Å². The molecule has 2 rings (SSSR count). The molecule has 3 N–H and O–H groups in total. The molecular weight excluding hydrogens is 328 g/mol. The Bertz CT molecular complexity index is 694. The van der Waals surface area contributed by atoms with E-state index < -0.39 is 10.0 Å². The number of nitrogens with two attached hydrogens (primary N) is 1. The van der Waals surface area contributed by atoms with Gasteiger partial charge in [0.15, 0.2) is 0 Å². The highest BCUT2D eigenvalue weighted by atomic mass is 35.5. The molecule has 0 atom stereocenters. The van der Waals surface area contributed by atoms with Crippen LogP contribution in [0.5, 0.6) is 0 Å². The van der Waals surface area contributed by atoms with Gasteiger partial charge in [-0.2, -0.15) is 0 Å². The largest absolute Gasteiger partial charge is 0.399 e. The Balaban J connectivity index is 0.00000220. The van der Waals surface area contributed by atoms with Crippen LogP contribution in [0.15, 0.2) is 34.5 Å². The van der Waals surface area contributed by atoms with Crippen LogP contribution in [0.1, 0.15) is 16.0 Å². The first-order valence-corrected chi connectivity index (χ1v) is 8.59. The zero-order valence-electron chi connectivity index (χ0n) is 11.9. The molecule has 0 radical (unpaired) electrons. The molecule has 116 valence electrons. The van der Waals surface area contributed by atoms with Crippen LogP contribution < -0.4 is 10.5 Å². The number of halogens is 1. The first-order chi connectivity index (χ1) is 9.38. The third-order valence-corrected chi connectivity index (χ3v) is 6.17. The molecule has 2 aromatic rings. The number of anilines is 1. The molecule has 0 fully saturated rings. The maximum atomic E-state index is 12.2. The fourth-order valence-corrected chi connectivity index (χ4v) is 4.71. The number of aryl methyl sites for hydroxylation is 2. The molecule has 21 heavy (non-hydrogen) atoms. The standard InChI is InChI=1S/C14H18N2O2S2.ClH/c1-10-9-11(2)19-14(10)20(17,18)16-8-7-12-3-5-13(15)6-4-12;/h3-6,9,16H,7-8,15H2,1-2H3;1H. The van der Waals surface area contributed by atoms with Gasteiger partial charge in [0.05, 0.1) is 0 Å². The molecule has 0 saturated heterocycles. The zero-order valence-corrected chi connectivity index (χ0v) is 14.4. The van der Waals surface area contributed by atoms with Gasteiger partial charge in [-0.15, -0.1) is 23.7 Å². The Labute approximate surface area is 135 Å². The Hall–Kier alpha value is -1.08. The Morgan fingerprint density at radius 3 is 2.33 bits per heavy atom. The van der Waals surface area contributed by atoms with Crippen LogP contribution in [0.25, 0.3) is 0 Å². The van der Waals surface area contributed by atoms with Gasteiger partial charge in [-0.25, -0.2) is 13.1 Å². The van der Waals surface area contributed by atoms with Gasteiger partial charge in [0, 0.05) is 17.1 Å². The molecule has 7 heteroatoms. The van der Waals surface area contributed by atoms with E-state index >= 15 is 0 Å². The third-order valence-electron chi connectivity index (χ3n) is 2.92. The minimum atomic E-state index is -3.40. The number of benzene rings is 1. The van der Waals surface area contributed by atoms with E-state index in [0.29, 0.717) is 22.9 Å².